The zero-order chi connectivity index (χ0) is 15.3. The van der Waals surface area contributed by atoms with Crippen LogP contribution in [-0.2, 0) is 9.59 Å². The van der Waals surface area contributed by atoms with E-state index in [1.807, 2.05) is 0 Å². The van der Waals surface area contributed by atoms with Crippen molar-refractivity contribution in [2.75, 3.05) is 0 Å². The van der Waals surface area contributed by atoms with E-state index in [0.29, 0.717) is 3.57 Å². The Morgan fingerprint density at radius 3 is 2.55 bits per heavy atom. The molecule has 1 aromatic carbocycles. The van der Waals surface area contributed by atoms with Crippen molar-refractivity contribution in [3.8, 4) is 0 Å². The average Bonchev–Trinajstić information content (AvgIpc) is 2.33. The van der Waals surface area contributed by atoms with Gasteiger partial charge in [0, 0.05) is 9.99 Å². The minimum Gasteiger partial charge on any atom is -0.480 e. The van der Waals surface area contributed by atoms with E-state index in [4.69, 9.17) is 10.8 Å². The van der Waals surface area contributed by atoms with E-state index in [0.717, 1.165) is 12.1 Å². The molecule has 108 valence electrons. The summed E-state index contributed by atoms with van der Waals surface area (Å²) >= 11 is 1.77. The summed E-state index contributed by atoms with van der Waals surface area (Å²) in [6, 6.07) is 2.31. The number of nitrogens with one attached hydrogen (secondary N) is 1. The molecular weight excluding hydrogens is 382 g/mol. The maximum Gasteiger partial charge on any atom is 0.326 e. The van der Waals surface area contributed by atoms with E-state index >= 15 is 0 Å². The van der Waals surface area contributed by atoms with Gasteiger partial charge in [-0.1, -0.05) is 0 Å². The highest BCUT2D eigenvalue weighted by atomic mass is 127. The molecule has 0 aliphatic heterocycles. The Morgan fingerprint density at radius 1 is 1.40 bits per heavy atom. The van der Waals surface area contributed by atoms with Crippen LogP contribution in [0.5, 0.6) is 0 Å². The Labute approximate surface area is 127 Å². The zero-order valence-electron chi connectivity index (χ0n) is 10.2. The molecule has 0 radical (unpaired) electrons. The third-order valence-electron chi connectivity index (χ3n) is 2.46. The van der Waals surface area contributed by atoms with Crippen LogP contribution in [0.2, 0.25) is 0 Å². The Hall–Kier alpha value is -1.71. The first-order valence-electron chi connectivity index (χ1n) is 5.58. The fourth-order valence-corrected chi connectivity index (χ4v) is 2.18. The Morgan fingerprint density at radius 2 is 2.05 bits per heavy atom. The molecule has 0 bridgehead atoms. The second-order valence-electron chi connectivity index (χ2n) is 3.99. The lowest BCUT2D eigenvalue weighted by atomic mass is 10.1. The van der Waals surface area contributed by atoms with Crippen molar-refractivity contribution in [2.45, 2.75) is 18.9 Å². The number of rotatable bonds is 6. The fourth-order valence-electron chi connectivity index (χ4n) is 1.45. The van der Waals surface area contributed by atoms with Crippen molar-refractivity contribution in [1.29, 1.82) is 0 Å². The third kappa shape index (κ3) is 4.76. The quantitative estimate of drug-likeness (QED) is 0.623. The van der Waals surface area contributed by atoms with Crippen molar-refractivity contribution in [3.63, 3.8) is 0 Å². The molecule has 1 aromatic rings. The first-order chi connectivity index (χ1) is 9.31. The number of primary amides is 1. The van der Waals surface area contributed by atoms with Gasteiger partial charge < -0.3 is 16.2 Å². The number of nitrogens with two attached hydrogens (primary N) is 1. The molecule has 0 aliphatic carbocycles. The summed E-state index contributed by atoms with van der Waals surface area (Å²) in [7, 11) is 0. The number of carbonyl (C=O) groups is 3. The van der Waals surface area contributed by atoms with E-state index in [2.05, 4.69) is 5.32 Å². The molecule has 0 aliphatic rings. The number of carboxylic acid groups (broad SMARTS) is 1. The second kappa shape index (κ2) is 7.17. The predicted molar refractivity (Wildman–Crippen MR) is 76.4 cm³/mol. The van der Waals surface area contributed by atoms with Crippen molar-refractivity contribution in [2.24, 2.45) is 5.73 Å². The van der Waals surface area contributed by atoms with Crippen molar-refractivity contribution < 1.29 is 23.9 Å². The molecule has 0 spiro atoms. The van der Waals surface area contributed by atoms with Crippen LogP contribution in [-0.4, -0.2) is 28.9 Å². The van der Waals surface area contributed by atoms with Gasteiger partial charge in [0.2, 0.25) is 5.91 Å². The zero-order valence-corrected chi connectivity index (χ0v) is 12.4. The summed E-state index contributed by atoms with van der Waals surface area (Å²) in [6.07, 6.45) is -0.258. The van der Waals surface area contributed by atoms with Gasteiger partial charge in [0.25, 0.3) is 5.91 Å². The largest absolute Gasteiger partial charge is 0.480 e. The number of hydrogen-bond acceptors (Lipinski definition) is 3. The molecule has 0 saturated heterocycles. The first-order valence-corrected chi connectivity index (χ1v) is 6.66. The number of carbonyl (C=O) groups excluding carboxylic acids is 2. The SMILES string of the molecule is NC(=O)CCC(NC(=O)c1ccc(F)cc1I)C(=O)O. The monoisotopic (exact) mass is 394 g/mol. The van der Waals surface area contributed by atoms with Crippen LogP contribution < -0.4 is 11.1 Å². The summed E-state index contributed by atoms with van der Waals surface area (Å²) < 4.78 is 13.3. The molecule has 6 nitrogen and oxygen atoms in total. The highest BCUT2D eigenvalue weighted by molar-refractivity contribution is 14.1. The van der Waals surface area contributed by atoms with E-state index in [1.54, 1.807) is 22.6 Å². The van der Waals surface area contributed by atoms with Crippen molar-refractivity contribution in [3.05, 3.63) is 33.1 Å². The molecule has 8 heteroatoms. The third-order valence-corrected chi connectivity index (χ3v) is 3.35. The van der Waals surface area contributed by atoms with Crippen LogP contribution in [0.15, 0.2) is 18.2 Å². The van der Waals surface area contributed by atoms with Crippen LogP contribution >= 0.6 is 22.6 Å². The van der Waals surface area contributed by atoms with Crippen LogP contribution in [0.1, 0.15) is 23.2 Å². The predicted octanol–water partition coefficient (Wildman–Crippen LogP) is 0.879. The number of benzene rings is 1. The lowest BCUT2D eigenvalue weighted by Crippen LogP contribution is -2.41. The van der Waals surface area contributed by atoms with Gasteiger partial charge in [-0.2, -0.15) is 0 Å². The molecule has 0 aromatic heterocycles. The molecule has 2 amide bonds. The van der Waals surface area contributed by atoms with Crippen molar-refractivity contribution >= 4 is 40.4 Å². The second-order valence-corrected chi connectivity index (χ2v) is 5.16. The number of carboxylic acids is 1. The summed E-state index contributed by atoms with van der Waals surface area (Å²) in [5.41, 5.74) is 5.10. The Balaban J connectivity index is 2.80. The summed E-state index contributed by atoms with van der Waals surface area (Å²) in [5.74, 6) is -3.06. The number of halogens is 2. The molecule has 1 unspecified atom stereocenters. The molecule has 1 atom stereocenters. The van der Waals surface area contributed by atoms with Crippen LogP contribution in [0, 0.1) is 9.39 Å². The summed E-state index contributed by atoms with van der Waals surface area (Å²) in [4.78, 5) is 33.6. The van der Waals surface area contributed by atoms with Gasteiger partial charge in [-0.05, 0) is 47.2 Å². The minimum atomic E-state index is -1.27. The van der Waals surface area contributed by atoms with Crippen molar-refractivity contribution in [1.82, 2.24) is 5.32 Å². The maximum absolute atomic E-state index is 12.9. The van der Waals surface area contributed by atoms with Gasteiger partial charge in [-0.25, -0.2) is 9.18 Å². The van der Waals surface area contributed by atoms with Gasteiger partial charge in [0.05, 0.1) is 5.56 Å². The topological polar surface area (TPSA) is 109 Å². The van der Waals surface area contributed by atoms with Crippen LogP contribution in [0.4, 0.5) is 4.39 Å². The minimum absolute atomic E-state index is 0.103. The van der Waals surface area contributed by atoms with Gasteiger partial charge >= 0.3 is 5.97 Å². The first kappa shape index (κ1) is 16.3. The average molecular weight is 394 g/mol. The highest BCUT2D eigenvalue weighted by Gasteiger charge is 2.22. The lowest BCUT2D eigenvalue weighted by molar-refractivity contribution is -0.139. The Kier molecular flexibility index (Phi) is 5.86. The van der Waals surface area contributed by atoms with Gasteiger partial charge in [0.15, 0.2) is 0 Å². The summed E-state index contributed by atoms with van der Waals surface area (Å²) in [5, 5.41) is 11.2. The lowest BCUT2D eigenvalue weighted by Gasteiger charge is -2.14. The summed E-state index contributed by atoms with van der Waals surface area (Å²) in [6.45, 7) is 0. The Bertz CT molecular complexity index is 550. The molecule has 1 rings (SSSR count). The maximum atomic E-state index is 12.9. The molecule has 4 N–H and O–H groups in total. The highest BCUT2D eigenvalue weighted by Crippen LogP contribution is 2.14. The van der Waals surface area contributed by atoms with Crippen LogP contribution in [0.25, 0.3) is 0 Å². The molecule has 0 saturated carbocycles. The number of aliphatic carboxylic acids is 1. The molecule has 0 heterocycles. The standard InChI is InChI=1S/C12H12FIN2O4/c13-6-1-2-7(8(14)5-6)11(18)16-9(12(19)20)3-4-10(15)17/h1-2,5,9H,3-4H2,(H2,15,17)(H,16,18)(H,19,20). The van der Waals surface area contributed by atoms with Gasteiger partial charge in [0.1, 0.15) is 11.9 Å². The normalized spacial score (nSPS) is 11.7. The smallest absolute Gasteiger partial charge is 0.326 e. The van der Waals surface area contributed by atoms with E-state index in [9.17, 15) is 18.8 Å². The molecular formula is C12H12FIN2O4. The fraction of sp³-hybridized carbons (Fsp3) is 0.250. The number of amides is 2. The van der Waals surface area contributed by atoms with Gasteiger partial charge in [-0.3, -0.25) is 9.59 Å². The van der Waals surface area contributed by atoms with Gasteiger partial charge in [-0.15, -0.1) is 0 Å². The van der Waals surface area contributed by atoms with E-state index in [-0.39, 0.29) is 18.4 Å². The molecule has 20 heavy (non-hydrogen) atoms. The van der Waals surface area contributed by atoms with Crippen LogP contribution in [0.3, 0.4) is 0 Å². The molecule has 0 fully saturated rings. The van der Waals surface area contributed by atoms with E-state index in [1.165, 1.54) is 6.07 Å². The number of hydrogen-bond donors (Lipinski definition) is 3. The van der Waals surface area contributed by atoms with E-state index < -0.39 is 29.6 Å².